The van der Waals surface area contributed by atoms with Crippen LogP contribution in [0.15, 0.2) is 54.9 Å². The lowest BCUT2D eigenvalue weighted by Crippen LogP contribution is -2.44. The molecule has 1 saturated carbocycles. The largest absolute Gasteiger partial charge is 0.485 e. The van der Waals surface area contributed by atoms with E-state index in [0.29, 0.717) is 30.5 Å². The van der Waals surface area contributed by atoms with Crippen LogP contribution in [0.5, 0.6) is 11.5 Å². The Bertz CT molecular complexity index is 1010. The third-order valence-electron chi connectivity index (χ3n) is 5.21. The van der Waals surface area contributed by atoms with E-state index in [1.807, 2.05) is 35.0 Å². The summed E-state index contributed by atoms with van der Waals surface area (Å²) in [5, 5.41) is 7.71. The third kappa shape index (κ3) is 3.81. The molecule has 2 aliphatic rings. The fraction of sp³-hybridized carbons (Fsp3) is 0.318. The highest BCUT2D eigenvalue weighted by Gasteiger charge is 2.29. The van der Waals surface area contributed by atoms with Gasteiger partial charge in [-0.3, -0.25) is 14.5 Å². The molecular formula is C22H22N4O3. The van der Waals surface area contributed by atoms with Gasteiger partial charge in [0.1, 0.15) is 6.61 Å². The summed E-state index contributed by atoms with van der Waals surface area (Å²) in [6, 6.07) is 13.5. The first-order valence-corrected chi connectivity index (χ1v) is 9.92. The Labute approximate surface area is 168 Å². The minimum atomic E-state index is -0.641. The van der Waals surface area contributed by atoms with E-state index in [2.05, 4.69) is 16.4 Å². The molecule has 29 heavy (non-hydrogen) atoms. The lowest BCUT2D eigenvalue weighted by Gasteiger charge is -2.25. The van der Waals surface area contributed by atoms with E-state index < -0.39 is 6.10 Å². The van der Waals surface area contributed by atoms with Crippen LogP contribution in [-0.2, 0) is 11.3 Å². The van der Waals surface area contributed by atoms with Gasteiger partial charge in [0.25, 0.3) is 5.91 Å². The molecule has 0 bridgehead atoms. The predicted octanol–water partition coefficient (Wildman–Crippen LogP) is 2.78. The first kappa shape index (κ1) is 17.7. The van der Waals surface area contributed by atoms with Gasteiger partial charge in [0.15, 0.2) is 11.5 Å². The SMILES string of the molecule is O=C(NCCn1nc(-c2ccncc2)cc1C1CC1)[C@H]1COc2ccccc2O1. The summed E-state index contributed by atoms with van der Waals surface area (Å²) in [5.41, 5.74) is 3.23. The van der Waals surface area contributed by atoms with Crippen LogP contribution >= 0.6 is 0 Å². The van der Waals surface area contributed by atoms with Crippen molar-refractivity contribution >= 4 is 5.91 Å². The molecule has 7 nitrogen and oxygen atoms in total. The molecule has 148 valence electrons. The van der Waals surface area contributed by atoms with Crippen LogP contribution in [0.2, 0.25) is 0 Å². The minimum Gasteiger partial charge on any atom is -0.485 e. The lowest BCUT2D eigenvalue weighted by atomic mass is 10.2. The molecule has 5 rings (SSSR count). The Morgan fingerprint density at radius 2 is 1.93 bits per heavy atom. The maximum Gasteiger partial charge on any atom is 0.264 e. The van der Waals surface area contributed by atoms with E-state index in [4.69, 9.17) is 14.6 Å². The molecular weight excluding hydrogens is 368 g/mol. The Balaban J connectivity index is 1.22. The number of amides is 1. The number of para-hydroxylation sites is 2. The van der Waals surface area contributed by atoms with E-state index >= 15 is 0 Å². The number of aromatic nitrogens is 3. The van der Waals surface area contributed by atoms with Gasteiger partial charge in [-0.25, -0.2) is 0 Å². The van der Waals surface area contributed by atoms with Crippen LogP contribution < -0.4 is 14.8 Å². The van der Waals surface area contributed by atoms with Gasteiger partial charge < -0.3 is 14.8 Å². The number of fused-ring (bicyclic) bond motifs is 1. The topological polar surface area (TPSA) is 78.3 Å². The maximum absolute atomic E-state index is 12.5. The smallest absolute Gasteiger partial charge is 0.264 e. The quantitative estimate of drug-likeness (QED) is 0.700. The number of hydrogen-bond donors (Lipinski definition) is 1. The first-order valence-electron chi connectivity index (χ1n) is 9.92. The monoisotopic (exact) mass is 390 g/mol. The second-order valence-corrected chi connectivity index (χ2v) is 7.34. The first-order chi connectivity index (χ1) is 14.3. The van der Waals surface area contributed by atoms with Crippen molar-refractivity contribution in [2.45, 2.75) is 31.4 Å². The highest BCUT2D eigenvalue weighted by atomic mass is 16.6. The Morgan fingerprint density at radius 3 is 2.72 bits per heavy atom. The van der Waals surface area contributed by atoms with Crippen molar-refractivity contribution in [3.63, 3.8) is 0 Å². The number of pyridine rings is 1. The average molecular weight is 390 g/mol. The molecule has 1 amide bonds. The Morgan fingerprint density at radius 1 is 1.14 bits per heavy atom. The van der Waals surface area contributed by atoms with Crippen LogP contribution in [0.1, 0.15) is 24.5 Å². The van der Waals surface area contributed by atoms with E-state index in [1.165, 1.54) is 18.5 Å². The van der Waals surface area contributed by atoms with Crippen LogP contribution in [0.4, 0.5) is 0 Å². The van der Waals surface area contributed by atoms with Gasteiger partial charge in [0.2, 0.25) is 6.10 Å². The summed E-state index contributed by atoms with van der Waals surface area (Å²) in [7, 11) is 0. The number of rotatable bonds is 6. The molecule has 1 atom stereocenters. The second-order valence-electron chi connectivity index (χ2n) is 7.34. The van der Waals surface area contributed by atoms with E-state index in [0.717, 1.165) is 11.3 Å². The van der Waals surface area contributed by atoms with Crippen LogP contribution in [-0.4, -0.2) is 39.9 Å². The molecule has 1 N–H and O–H groups in total. The van der Waals surface area contributed by atoms with Gasteiger partial charge in [-0.2, -0.15) is 5.10 Å². The highest BCUT2D eigenvalue weighted by molar-refractivity contribution is 5.81. The zero-order valence-electron chi connectivity index (χ0n) is 16.0. The van der Waals surface area contributed by atoms with Crippen LogP contribution in [0, 0.1) is 0 Å². The molecule has 0 spiro atoms. The molecule has 3 aromatic rings. The van der Waals surface area contributed by atoms with Crippen molar-refractivity contribution in [1.82, 2.24) is 20.1 Å². The Kier molecular flexibility index (Phi) is 4.63. The second kappa shape index (κ2) is 7.58. The van der Waals surface area contributed by atoms with Crippen molar-refractivity contribution < 1.29 is 14.3 Å². The molecule has 0 saturated heterocycles. The van der Waals surface area contributed by atoms with Gasteiger partial charge in [0.05, 0.1) is 12.2 Å². The molecule has 1 aromatic carbocycles. The van der Waals surface area contributed by atoms with Crippen LogP contribution in [0.3, 0.4) is 0 Å². The summed E-state index contributed by atoms with van der Waals surface area (Å²) < 4.78 is 13.4. The molecule has 7 heteroatoms. The molecule has 2 aromatic heterocycles. The van der Waals surface area contributed by atoms with Crippen molar-refractivity contribution in [2.75, 3.05) is 13.2 Å². The number of carbonyl (C=O) groups excluding carboxylic acids is 1. The van der Waals surface area contributed by atoms with Crippen molar-refractivity contribution in [3.8, 4) is 22.8 Å². The summed E-state index contributed by atoms with van der Waals surface area (Å²) >= 11 is 0. The lowest BCUT2D eigenvalue weighted by molar-refractivity contribution is -0.130. The molecule has 3 heterocycles. The van der Waals surface area contributed by atoms with Gasteiger partial charge in [0, 0.05) is 36.1 Å². The third-order valence-corrected chi connectivity index (χ3v) is 5.21. The molecule has 1 aliphatic carbocycles. The molecule has 0 unspecified atom stereocenters. The molecule has 1 aliphatic heterocycles. The zero-order chi connectivity index (χ0) is 19.6. The van der Waals surface area contributed by atoms with E-state index in [-0.39, 0.29) is 12.5 Å². The molecule has 1 fully saturated rings. The van der Waals surface area contributed by atoms with Crippen LogP contribution in [0.25, 0.3) is 11.3 Å². The molecule has 0 radical (unpaired) electrons. The van der Waals surface area contributed by atoms with E-state index in [1.54, 1.807) is 18.5 Å². The average Bonchev–Trinajstić information content (AvgIpc) is 3.53. The summed E-state index contributed by atoms with van der Waals surface area (Å²) in [5.74, 6) is 1.67. The fourth-order valence-electron chi connectivity index (χ4n) is 3.53. The normalized spacial score (nSPS) is 17.7. The van der Waals surface area contributed by atoms with E-state index in [9.17, 15) is 4.79 Å². The number of nitrogens with zero attached hydrogens (tertiary/aromatic N) is 3. The predicted molar refractivity (Wildman–Crippen MR) is 107 cm³/mol. The van der Waals surface area contributed by atoms with Gasteiger partial charge >= 0.3 is 0 Å². The standard InChI is InChI=1S/C22H22N4O3/c27-22(21-14-28-19-3-1-2-4-20(19)29-21)24-11-12-26-18(16-5-6-16)13-17(25-26)15-7-9-23-10-8-15/h1-4,7-10,13,16,21H,5-6,11-12,14H2,(H,24,27)/t21-/m1/s1. The summed E-state index contributed by atoms with van der Waals surface area (Å²) in [6.45, 7) is 1.31. The number of hydrogen-bond acceptors (Lipinski definition) is 5. The number of carbonyl (C=O) groups is 1. The number of ether oxygens (including phenoxy) is 2. The maximum atomic E-state index is 12.5. The van der Waals surface area contributed by atoms with Crippen molar-refractivity contribution in [3.05, 3.63) is 60.6 Å². The minimum absolute atomic E-state index is 0.172. The summed E-state index contributed by atoms with van der Waals surface area (Å²) in [4.78, 5) is 16.6. The Hall–Kier alpha value is -3.35. The van der Waals surface area contributed by atoms with Gasteiger partial charge in [-0.05, 0) is 43.2 Å². The summed E-state index contributed by atoms with van der Waals surface area (Å²) in [6.07, 6.45) is 5.30. The van der Waals surface area contributed by atoms with Crippen molar-refractivity contribution in [1.29, 1.82) is 0 Å². The van der Waals surface area contributed by atoms with Gasteiger partial charge in [-0.1, -0.05) is 12.1 Å². The number of benzene rings is 1. The number of nitrogens with one attached hydrogen (secondary N) is 1. The highest BCUT2D eigenvalue weighted by Crippen LogP contribution is 2.41. The zero-order valence-corrected chi connectivity index (χ0v) is 16.0. The fourth-order valence-corrected chi connectivity index (χ4v) is 3.53. The van der Waals surface area contributed by atoms with Crippen molar-refractivity contribution in [2.24, 2.45) is 0 Å². The van der Waals surface area contributed by atoms with Gasteiger partial charge in [-0.15, -0.1) is 0 Å².